The lowest BCUT2D eigenvalue weighted by molar-refractivity contribution is -0.689. The van der Waals surface area contributed by atoms with Gasteiger partial charge in [-0.3, -0.25) is 0 Å². The lowest BCUT2D eigenvalue weighted by Gasteiger charge is -2.44. The molecule has 0 amide bonds. The lowest BCUT2D eigenvalue weighted by Crippen LogP contribution is -2.81. The van der Waals surface area contributed by atoms with E-state index in [0.717, 1.165) is 16.7 Å². The van der Waals surface area contributed by atoms with Gasteiger partial charge in [0.1, 0.15) is 58.4 Å². The van der Waals surface area contributed by atoms with E-state index in [9.17, 15) is 57.5 Å². The van der Waals surface area contributed by atoms with Crippen molar-refractivity contribution in [2.45, 2.75) is 20.4 Å². The molecule has 69 heavy (non-hydrogen) atoms. The molecule has 0 spiro atoms. The number of aryl methyl sites for hydroxylation is 1. The Labute approximate surface area is 372 Å². The van der Waals surface area contributed by atoms with Gasteiger partial charge in [-0.2, -0.15) is 4.57 Å². The molecule has 1 heterocycles. The second-order valence-electron chi connectivity index (χ2n) is 14.5. The first kappa shape index (κ1) is 50.9. The van der Waals surface area contributed by atoms with Crippen LogP contribution in [0.1, 0.15) is 27.2 Å². The highest BCUT2D eigenvalue weighted by Crippen LogP contribution is 2.31. The van der Waals surface area contributed by atoms with Crippen molar-refractivity contribution in [2.75, 3.05) is 0 Å². The smallest absolute Gasteiger partial charge is 0.368 e. The first-order valence-electron chi connectivity index (χ1n) is 18.7. The number of rotatable bonds is 8. The fraction of sp³-hybridized carbons (Fsp3) is 0.0682. The van der Waals surface area contributed by atoms with Crippen molar-refractivity contribution in [3.05, 3.63) is 206 Å². The van der Waals surface area contributed by atoms with Gasteiger partial charge in [0, 0.05) is 5.56 Å². The molecule has 0 atom stereocenters. The van der Waals surface area contributed by atoms with Gasteiger partial charge in [0.15, 0.2) is 82.5 Å². The minimum absolute atomic E-state index is 0.286. The summed E-state index contributed by atoms with van der Waals surface area (Å²) in [6.45, 7) is 4.60. The van der Waals surface area contributed by atoms with E-state index in [2.05, 4.69) is 4.98 Å². The topological polar surface area (TPSA) is 43.1 Å². The molecule has 0 aliphatic heterocycles. The average Bonchev–Trinajstić information content (AvgIpc) is 3.33. The van der Waals surface area contributed by atoms with Crippen LogP contribution in [0.25, 0.3) is 0 Å². The van der Waals surface area contributed by atoms with Gasteiger partial charge >= 0.3 is 5.97 Å². The number of carbonyl (C=O) groups excluding carboxylic acids is 1. The standard InChI is InChI=1S/C24BF20.C20H19N2O2/c26-5-1(6(27)14(35)21(42)13(5)34)25(2-7(28)15(36)22(43)16(37)8(2)29,3-9(30)17(38)23(44)18(39)10(3)31)4-11(32)19(40)24(45)20(41)12(4)33;1-15-7-6-10-19(16(15)2)24-20(23)18-14-22(12-11-21-18)13-17-8-4-3-5-9-17/h;3-12,14H,13H2,1-2H3/q-1;+1. The maximum atomic E-state index is 15.4. The molecule has 1 aromatic heterocycles. The van der Waals surface area contributed by atoms with Crippen LogP contribution in [0.5, 0.6) is 5.75 Å². The van der Waals surface area contributed by atoms with Gasteiger partial charge < -0.3 is 4.74 Å². The molecule has 7 rings (SSSR count). The molecular weight excluding hydrogens is 979 g/mol. The third kappa shape index (κ3) is 8.46. The lowest BCUT2D eigenvalue weighted by atomic mass is 9.12. The van der Waals surface area contributed by atoms with Gasteiger partial charge in [-0.15, -0.1) is 21.9 Å². The molecule has 0 bridgehead atoms. The molecule has 0 N–H and O–H groups in total. The molecule has 7 aromatic rings. The fourth-order valence-corrected chi connectivity index (χ4v) is 7.29. The number of ether oxygens (including phenoxy) is 1. The highest BCUT2D eigenvalue weighted by Gasteiger charge is 2.52. The first-order valence-corrected chi connectivity index (χ1v) is 18.7. The average molecular weight is 998 g/mol. The zero-order valence-electron chi connectivity index (χ0n) is 33.9. The van der Waals surface area contributed by atoms with Crippen molar-refractivity contribution < 1.29 is 102 Å². The van der Waals surface area contributed by atoms with Crippen LogP contribution >= 0.6 is 0 Å². The van der Waals surface area contributed by atoms with Crippen molar-refractivity contribution >= 4 is 34.0 Å². The number of hydrogen-bond acceptors (Lipinski definition) is 3. The van der Waals surface area contributed by atoms with Gasteiger partial charge in [0.05, 0.1) is 6.20 Å². The van der Waals surface area contributed by atoms with E-state index in [1.165, 1.54) is 0 Å². The van der Waals surface area contributed by atoms with Gasteiger partial charge in [-0.25, -0.2) is 97.6 Å². The Balaban J connectivity index is 0.000000273. The maximum Gasteiger partial charge on any atom is 0.368 e. The molecule has 0 aliphatic carbocycles. The second-order valence-corrected chi connectivity index (χ2v) is 14.5. The van der Waals surface area contributed by atoms with E-state index in [4.69, 9.17) is 4.74 Å². The minimum Gasteiger partial charge on any atom is -0.421 e. The molecule has 4 nitrogen and oxygen atoms in total. The predicted molar refractivity (Wildman–Crippen MR) is 200 cm³/mol. The van der Waals surface area contributed by atoms with Crippen LogP contribution in [-0.4, -0.2) is 17.1 Å². The van der Waals surface area contributed by atoms with Gasteiger partial charge in [-0.05, 0) is 31.0 Å². The summed E-state index contributed by atoms with van der Waals surface area (Å²) in [5, 5.41) is 0. The number of aromatic nitrogens is 2. The third-order valence-corrected chi connectivity index (χ3v) is 10.6. The molecule has 0 saturated carbocycles. The molecule has 360 valence electrons. The minimum atomic E-state index is -7.22. The van der Waals surface area contributed by atoms with E-state index < -0.39 is 150 Å². The van der Waals surface area contributed by atoms with Crippen LogP contribution in [0.3, 0.4) is 0 Å². The summed E-state index contributed by atoms with van der Waals surface area (Å²) in [4.78, 5) is 16.5. The third-order valence-electron chi connectivity index (χ3n) is 10.6. The number of hydrogen-bond donors (Lipinski definition) is 0. The van der Waals surface area contributed by atoms with E-state index in [1.807, 2.05) is 67.1 Å². The Morgan fingerprint density at radius 2 is 0.797 bits per heavy atom. The van der Waals surface area contributed by atoms with Crippen LogP contribution in [0.2, 0.25) is 0 Å². The quantitative estimate of drug-likeness (QED) is 0.0291. The molecule has 0 saturated heterocycles. The largest absolute Gasteiger partial charge is 0.421 e. The number of nitrogens with zero attached hydrogens (tertiary/aromatic N) is 2. The Bertz CT molecular complexity index is 2850. The number of halogens is 20. The second kappa shape index (κ2) is 19.3. The SMILES string of the molecule is Cc1cccc(OC(=O)c2c[n+](Cc3ccccc3)ccn2)c1C.Fc1c(F)c(F)c([B-](c2c(F)c(F)c(F)c(F)c2F)(c2c(F)c(F)c(F)c(F)c2F)c2c(F)c(F)c(F)c(F)c2F)c(F)c1F. The van der Waals surface area contributed by atoms with Crippen molar-refractivity contribution in [1.29, 1.82) is 0 Å². The van der Waals surface area contributed by atoms with Crippen LogP contribution < -0.4 is 31.2 Å². The van der Waals surface area contributed by atoms with Crippen LogP contribution in [-0.2, 0) is 6.54 Å². The van der Waals surface area contributed by atoms with Crippen molar-refractivity contribution in [2.24, 2.45) is 0 Å². The number of carbonyl (C=O) groups is 1. The van der Waals surface area contributed by atoms with Crippen LogP contribution in [0, 0.1) is 130 Å². The molecule has 0 radical (unpaired) electrons. The van der Waals surface area contributed by atoms with E-state index in [-0.39, 0.29) is 5.69 Å². The zero-order chi connectivity index (χ0) is 51.3. The summed E-state index contributed by atoms with van der Waals surface area (Å²) >= 11 is 0. The van der Waals surface area contributed by atoms with E-state index >= 15 is 35.1 Å². The van der Waals surface area contributed by atoms with Gasteiger partial charge in [0.2, 0.25) is 11.9 Å². The molecule has 25 heteroatoms. The van der Waals surface area contributed by atoms with Crippen molar-refractivity contribution in [3.63, 3.8) is 0 Å². The molecule has 0 unspecified atom stereocenters. The highest BCUT2D eigenvalue weighted by molar-refractivity contribution is 7.20. The fourth-order valence-electron chi connectivity index (χ4n) is 7.29. The summed E-state index contributed by atoms with van der Waals surface area (Å²) in [6.07, 6.45) is -2.06. The van der Waals surface area contributed by atoms with Gasteiger partial charge in [-0.1, -0.05) is 42.5 Å². The summed E-state index contributed by atoms with van der Waals surface area (Å²) in [5.41, 5.74) is -10.8. The molecule has 6 aromatic carbocycles. The summed E-state index contributed by atoms with van der Waals surface area (Å²) < 4.78 is 301. The van der Waals surface area contributed by atoms with E-state index in [1.54, 1.807) is 18.5 Å². The highest BCUT2D eigenvalue weighted by atomic mass is 19.2. The number of esters is 1. The van der Waals surface area contributed by atoms with Crippen molar-refractivity contribution in [1.82, 2.24) is 4.98 Å². The van der Waals surface area contributed by atoms with Crippen molar-refractivity contribution in [3.8, 4) is 5.75 Å². The normalized spacial score (nSPS) is 11.4. The van der Waals surface area contributed by atoms with Crippen LogP contribution in [0.4, 0.5) is 87.8 Å². The maximum absolute atomic E-state index is 15.4. The molecule has 0 aliphatic rings. The summed E-state index contributed by atoms with van der Waals surface area (Å²) in [6, 6.07) is 15.7. The monoisotopic (exact) mass is 998 g/mol. The zero-order valence-corrected chi connectivity index (χ0v) is 33.9. The Hall–Kier alpha value is -7.47. The first-order chi connectivity index (χ1) is 32.3. The number of benzene rings is 6. The Kier molecular flexibility index (Phi) is 14.2. The summed E-state index contributed by atoms with van der Waals surface area (Å²) in [5.74, 6) is -71.3. The Morgan fingerprint density at radius 1 is 0.464 bits per heavy atom. The molecule has 0 fully saturated rings. The van der Waals surface area contributed by atoms with Crippen LogP contribution in [0.15, 0.2) is 67.1 Å². The summed E-state index contributed by atoms with van der Waals surface area (Å²) in [7, 11) is 0. The predicted octanol–water partition coefficient (Wildman–Crippen LogP) is 9.10. The van der Waals surface area contributed by atoms with E-state index in [0.29, 0.717) is 12.3 Å². The Morgan fingerprint density at radius 3 is 1.14 bits per heavy atom. The van der Waals surface area contributed by atoms with Gasteiger partial charge in [0.25, 0.3) is 0 Å². The molecular formula is C44H19BF20N2O2.